The van der Waals surface area contributed by atoms with E-state index in [2.05, 4.69) is 20.9 Å². The number of aliphatic hydroxyl groups is 1. The zero-order valence-corrected chi connectivity index (χ0v) is 18.7. The zero-order chi connectivity index (χ0) is 24.9. The fourth-order valence-electron chi connectivity index (χ4n) is 4.17. The van der Waals surface area contributed by atoms with Crippen LogP contribution in [-0.2, 0) is 21.7 Å². The van der Waals surface area contributed by atoms with Crippen molar-refractivity contribution in [1.82, 2.24) is 20.5 Å². The number of benzene rings is 1. The Kier molecular flexibility index (Phi) is 5.17. The summed E-state index contributed by atoms with van der Waals surface area (Å²) in [5, 5.41) is 16.7. The molecule has 12 nitrogen and oxygen atoms in total. The third-order valence-corrected chi connectivity index (χ3v) is 5.99. The summed E-state index contributed by atoms with van der Waals surface area (Å²) in [4.78, 5) is 55.8. The number of rotatable bonds is 6. The van der Waals surface area contributed by atoms with Crippen molar-refractivity contribution in [3.8, 4) is 5.75 Å². The summed E-state index contributed by atoms with van der Waals surface area (Å²) in [5.41, 5.74) is 0.124. The number of imide groups is 1. The number of carbonyl (C=O) groups excluding carboxylic acids is 4. The molecule has 5 amide bonds. The highest BCUT2D eigenvalue weighted by molar-refractivity contribution is 6.08. The molecule has 0 bridgehead atoms. The molecule has 1 fully saturated rings. The van der Waals surface area contributed by atoms with Gasteiger partial charge in [-0.25, -0.2) is 9.78 Å². The molecule has 35 heavy (non-hydrogen) atoms. The van der Waals surface area contributed by atoms with Gasteiger partial charge in [0.05, 0.1) is 13.7 Å². The Morgan fingerprint density at radius 2 is 2.09 bits per heavy atom. The number of urea groups is 1. The Labute approximate surface area is 198 Å². The number of pyridine rings is 1. The first kappa shape index (κ1) is 22.3. The summed E-state index contributed by atoms with van der Waals surface area (Å²) in [7, 11) is 1.50. The number of nitrogens with zero attached hydrogens (tertiary/aromatic N) is 2. The normalized spacial score (nSPS) is 20.0. The lowest BCUT2D eigenvalue weighted by molar-refractivity contribution is -0.125. The fraction of sp³-hybridized carbons (Fsp3) is 0.261. The van der Waals surface area contributed by atoms with Crippen LogP contribution in [0.1, 0.15) is 28.6 Å². The highest BCUT2D eigenvalue weighted by atomic mass is 16.5. The van der Waals surface area contributed by atoms with E-state index in [4.69, 9.17) is 9.15 Å². The maximum absolute atomic E-state index is 13.1. The van der Waals surface area contributed by atoms with Crippen LogP contribution in [0.3, 0.4) is 0 Å². The van der Waals surface area contributed by atoms with Crippen LogP contribution in [0.25, 0.3) is 11.1 Å². The van der Waals surface area contributed by atoms with Gasteiger partial charge in [-0.15, -0.1) is 0 Å². The number of amides is 5. The van der Waals surface area contributed by atoms with Crippen LogP contribution in [-0.4, -0.2) is 58.5 Å². The van der Waals surface area contributed by atoms with Crippen molar-refractivity contribution < 1.29 is 33.4 Å². The van der Waals surface area contributed by atoms with E-state index in [-0.39, 0.29) is 30.6 Å². The molecule has 0 aliphatic carbocycles. The summed E-state index contributed by atoms with van der Waals surface area (Å²) < 4.78 is 11.1. The van der Waals surface area contributed by atoms with Crippen molar-refractivity contribution in [2.45, 2.75) is 25.1 Å². The predicted octanol–water partition coefficient (Wildman–Crippen LogP) is 0.846. The standard InChI is InChI=1S/C23H21N5O7/c1-11(29)19(30)25-18-6-5-16-15(24-18)8-17(35-16)23(21(32)26-22(33)27-23)10-28-9-12-3-4-13(34-2)7-14(12)20(28)31/h3-8,11,29H,9-10H2,1-2H3,(H,24,25,30)(H2,26,27,32,33)/t11-,23+/m1/s1. The van der Waals surface area contributed by atoms with Gasteiger partial charge in [0, 0.05) is 18.2 Å². The highest BCUT2D eigenvalue weighted by Gasteiger charge is 2.53. The zero-order valence-electron chi connectivity index (χ0n) is 18.7. The second-order valence-corrected chi connectivity index (χ2v) is 8.35. The minimum absolute atomic E-state index is 0.0729. The molecule has 0 unspecified atom stereocenters. The summed E-state index contributed by atoms with van der Waals surface area (Å²) in [6, 6.07) is 8.91. The molecular weight excluding hydrogens is 458 g/mol. The molecule has 180 valence electrons. The molecule has 2 aliphatic rings. The van der Waals surface area contributed by atoms with E-state index < -0.39 is 29.5 Å². The lowest BCUT2D eigenvalue weighted by Gasteiger charge is -2.28. The minimum atomic E-state index is -1.69. The van der Waals surface area contributed by atoms with Crippen LogP contribution >= 0.6 is 0 Å². The average Bonchev–Trinajstić information content (AvgIpc) is 3.47. The number of ether oxygens (including phenoxy) is 1. The Hall–Kier alpha value is -4.45. The van der Waals surface area contributed by atoms with Crippen LogP contribution in [0, 0.1) is 0 Å². The van der Waals surface area contributed by atoms with E-state index in [0.29, 0.717) is 22.4 Å². The maximum Gasteiger partial charge on any atom is 0.322 e. The molecule has 0 radical (unpaired) electrons. The molecular formula is C23H21N5O7. The van der Waals surface area contributed by atoms with E-state index >= 15 is 0 Å². The van der Waals surface area contributed by atoms with Crippen LogP contribution in [0.5, 0.6) is 5.75 Å². The Morgan fingerprint density at radius 1 is 1.29 bits per heavy atom. The molecule has 2 aliphatic heterocycles. The molecule has 0 saturated carbocycles. The molecule has 4 N–H and O–H groups in total. The number of hydrogen-bond acceptors (Lipinski definition) is 8. The molecule has 3 aromatic rings. The van der Waals surface area contributed by atoms with Crippen LogP contribution < -0.4 is 20.7 Å². The average molecular weight is 479 g/mol. The molecule has 5 rings (SSSR count). The summed E-state index contributed by atoms with van der Waals surface area (Å²) in [6.07, 6.45) is -1.23. The molecule has 2 aromatic heterocycles. The number of anilines is 1. The molecule has 4 heterocycles. The number of aromatic nitrogens is 1. The van der Waals surface area contributed by atoms with Gasteiger partial charge in [0.2, 0.25) is 0 Å². The van der Waals surface area contributed by atoms with Crippen LogP contribution in [0.4, 0.5) is 10.6 Å². The first-order chi connectivity index (χ1) is 16.7. The topological polar surface area (TPSA) is 163 Å². The van der Waals surface area contributed by atoms with Crippen molar-refractivity contribution in [1.29, 1.82) is 0 Å². The largest absolute Gasteiger partial charge is 0.497 e. The van der Waals surface area contributed by atoms with E-state index in [0.717, 1.165) is 5.56 Å². The summed E-state index contributed by atoms with van der Waals surface area (Å²) in [5.74, 6) is -0.853. The quantitative estimate of drug-likeness (QED) is 0.378. The van der Waals surface area contributed by atoms with Gasteiger partial charge in [0.1, 0.15) is 28.9 Å². The number of furan rings is 1. The second kappa shape index (κ2) is 8.09. The van der Waals surface area contributed by atoms with Crippen LogP contribution in [0.2, 0.25) is 0 Å². The van der Waals surface area contributed by atoms with E-state index in [1.807, 2.05) is 0 Å². The Bertz CT molecular complexity index is 1400. The smallest absolute Gasteiger partial charge is 0.322 e. The van der Waals surface area contributed by atoms with Gasteiger partial charge >= 0.3 is 6.03 Å². The van der Waals surface area contributed by atoms with Gasteiger partial charge in [-0.05, 0) is 36.8 Å². The lowest BCUT2D eigenvalue weighted by Crippen LogP contribution is -2.52. The van der Waals surface area contributed by atoms with Crippen molar-refractivity contribution in [3.63, 3.8) is 0 Å². The SMILES string of the molecule is COc1ccc2c(c1)C(=O)N(C[C@@]1(c3cc4nc(NC(=O)[C@@H](C)O)ccc4o3)NC(=O)NC1=O)C2. The third kappa shape index (κ3) is 3.73. The van der Waals surface area contributed by atoms with Crippen molar-refractivity contribution in [3.05, 3.63) is 53.3 Å². The van der Waals surface area contributed by atoms with Gasteiger partial charge in [0.25, 0.3) is 17.7 Å². The molecule has 2 atom stereocenters. The van der Waals surface area contributed by atoms with Crippen molar-refractivity contribution in [2.24, 2.45) is 0 Å². The van der Waals surface area contributed by atoms with E-state index in [1.165, 1.54) is 37.1 Å². The van der Waals surface area contributed by atoms with Crippen molar-refractivity contribution in [2.75, 3.05) is 19.0 Å². The number of aliphatic hydroxyl groups excluding tert-OH is 1. The van der Waals surface area contributed by atoms with Gasteiger partial charge in [-0.2, -0.15) is 0 Å². The van der Waals surface area contributed by atoms with E-state index in [1.54, 1.807) is 18.2 Å². The fourth-order valence-corrected chi connectivity index (χ4v) is 4.17. The predicted molar refractivity (Wildman–Crippen MR) is 120 cm³/mol. The maximum atomic E-state index is 13.1. The first-order valence-corrected chi connectivity index (χ1v) is 10.7. The van der Waals surface area contributed by atoms with Gasteiger partial charge in [-0.1, -0.05) is 6.07 Å². The number of hydrogen-bond donors (Lipinski definition) is 4. The van der Waals surface area contributed by atoms with Crippen molar-refractivity contribution >= 4 is 40.7 Å². The monoisotopic (exact) mass is 479 g/mol. The summed E-state index contributed by atoms with van der Waals surface area (Å²) in [6.45, 7) is 1.37. The second-order valence-electron chi connectivity index (χ2n) is 8.35. The highest BCUT2D eigenvalue weighted by Crippen LogP contribution is 2.35. The van der Waals surface area contributed by atoms with Gasteiger partial charge in [0.15, 0.2) is 11.1 Å². The molecule has 1 saturated heterocycles. The summed E-state index contributed by atoms with van der Waals surface area (Å²) >= 11 is 0. The minimum Gasteiger partial charge on any atom is -0.497 e. The van der Waals surface area contributed by atoms with Gasteiger partial charge < -0.3 is 29.8 Å². The lowest BCUT2D eigenvalue weighted by atomic mass is 9.95. The van der Waals surface area contributed by atoms with Gasteiger partial charge in [-0.3, -0.25) is 19.7 Å². The Balaban J connectivity index is 1.49. The number of nitrogens with one attached hydrogen (secondary N) is 3. The molecule has 12 heteroatoms. The van der Waals surface area contributed by atoms with Crippen LogP contribution in [0.15, 0.2) is 40.8 Å². The number of carbonyl (C=O) groups is 4. The number of fused-ring (bicyclic) bond motifs is 2. The Morgan fingerprint density at radius 3 is 2.77 bits per heavy atom. The molecule has 0 spiro atoms. The first-order valence-electron chi connectivity index (χ1n) is 10.7. The number of methoxy groups -OCH3 is 1. The molecule has 1 aromatic carbocycles. The third-order valence-electron chi connectivity index (χ3n) is 5.99. The van der Waals surface area contributed by atoms with E-state index in [9.17, 15) is 24.3 Å².